The van der Waals surface area contributed by atoms with Crippen LogP contribution >= 0.6 is 23.5 Å². The second kappa shape index (κ2) is 19.0. The third-order valence-corrected chi connectivity index (χ3v) is 16.1. The molecular weight excluding hydrogens is 937 g/mol. The van der Waals surface area contributed by atoms with Gasteiger partial charge in [0, 0.05) is 36.4 Å². The third kappa shape index (κ3) is 8.19. The molecule has 2 aliphatic rings. The Morgan fingerprint density at radius 2 is 0.581 bits per heavy atom. The Labute approximate surface area is 439 Å². The summed E-state index contributed by atoms with van der Waals surface area (Å²) in [5.41, 5.74) is 19.7. The Morgan fingerprint density at radius 3 is 0.905 bits per heavy atom. The van der Waals surface area contributed by atoms with Crippen molar-refractivity contribution in [1.29, 1.82) is 10.5 Å². The van der Waals surface area contributed by atoms with Crippen LogP contribution in [0.5, 0.6) is 0 Å². The van der Waals surface area contributed by atoms with Crippen LogP contribution in [0, 0.1) is 22.7 Å². The van der Waals surface area contributed by atoms with Crippen LogP contribution in [0.1, 0.15) is 11.1 Å². The van der Waals surface area contributed by atoms with Gasteiger partial charge in [-0.15, -0.1) is 0 Å². The number of hydrogen-bond donors (Lipinski definition) is 0. The summed E-state index contributed by atoms with van der Waals surface area (Å²) in [6.07, 6.45) is 0. The fraction of sp³-hybridized carbons (Fsp3) is 0. The number of rotatable bonds is 8. The standard InChI is InChI=1S/C68H42N4S2/c69-43-45-15-13-25-55(35-45)58-41-57(71-60-37-51(47-17-5-1-6-18-47)27-31-64(60)73-65-32-28-52(38-61(65)71)48-19-7-2-8-20-48)42-59(56-26-14-16-46(36-56)44-70)68(58)72-62-39-53(49-21-9-3-10-22-49)29-33-66(62)74-67-34-30-54(40-63(67)72)50-23-11-4-12-24-50/h1-42H. The van der Waals surface area contributed by atoms with Gasteiger partial charge in [0.15, 0.2) is 0 Å². The van der Waals surface area contributed by atoms with Gasteiger partial charge in [0.1, 0.15) is 0 Å². The lowest BCUT2D eigenvalue weighted by Gasteiger charge is -2.38. The summed E-state index contributed by atoms with van der Waals surface area (Å²) in [6.45, 7) is 0. The third-order valence-electron chi connectivity index (χ3n) is 13.8. The Morgan fingerprint density at radius 1 is 0.270 bits per heavy atom. The maximum atomic E-state index is 10.6. The molecule has 0 amide bonds. The predicted octanol–water partition coefficient (Wildman–Crippen LogP) is 19.3. The van der Waals surface area contributed by atoms with Gasteiger partial charge >= 0.3 is 0 Å². The van der Waals surface area contributed by atoms with Crippen LogP contribution in [0.15, 0.2) is 274 Å². The van der Waals surface area contributed by atoms with Crippen LogP contribution in [0.2, 0.25) is 0 Å². The fourth-order valence-corrected chi connectivity index (χ4v) is 12.3. The number of benzene rings is 11. The van der Waals surface area contributed by atoms with Crippen LogP contribution in [0.3, 0.4) is 0 Å². The van der Waals surface area contributed by atoms with Crippen LogP contribution in [-0.2, 0) is 0 Å². The maximum Gasteiger partial charge on any atom is 0.0991 e. The first-order chi connectivity index (χ1) is 36.6. The van der Waals surface area contributed by atoms with Crippen molar-refractivity contribution in [2.75, 3.05) is 9.80 Å². The molecule has 0 fully saturated rings. The van der Waals surface area contributed by atoms with Crippen molar-refractivity contribution in [2.45, 2.75) is 19.6 Å². The van der Waals surface area contributed by atoms with E-state index in [4.69, 9.17) is 0 Å². The fourth-order valence-electron chi connectivity index (χ4n) is 10.3. The summed E-state index contributed by atoms with van der Waals surface area (Å²) >= 11 is 3.56. The Balaban J connectivity index is 1.15. The SMILES string of the molecule is N#Cc1cccc(-c2cc(N3c4cc(-c5ccccc5)ccc4Sc4ccc(-c5ccccc5)cc43)cc(-c3cccc(C#N)c3)c2N2c3cc(-c4ccccc4)ccc3Sc3ccc(-c4ccccc4)cc32)c1. The zero-order chi connectivity index (χ0) is 49.5. The molecule has 74 heavy (non-hydrogen) atoms. The number of nitriles is 2. The Kier molecular flexibility index (Phi) is 11.5. The molecule has 4 nitrogen and oxygen atoms in total. The first kappa shape index (κ1) is 44.6. The number of anilines is 6. The molecule has 2 aliphatic heterocycles. The quantitative estimate of drug-likeness (QED) is 0.151. The smallest absolute Gasteiger partial charge is 0.0991 e. The molecule has 11 aromatic rings. The van der Waals surface area contributed by atoms with E-state index in [1.165, 1.54) is 0 Å². The number of hydrogen-bond acceptors (Lipinski definition) is 6. The van der Waals surface area contributed by atoms with Crippen molar-refractivity contribution in [3.63, 3.8) is 0 Å². The van der Waals surface area contributed by atoms with Crippen molar-refractivity contribution >= 4 is 57.6 Å². The summed E-state index contributed by atoms with van der Waals surface area (Å²) in [5, 5.41) is 21.1. The molecule has 0 spiro atoms. The Bertz CT molecular complexity index is 3790. The van der Waals surface area contributed by atoms with Gasteiger partial charge in [-0.1, -0.05) is 193 Å². The molecule has 6 heteroatoms. The predicted molar refractivity (Wildman–Crippen MR) is 306 cm³/mol. The van der Waals surface area contributed by atoms with Gasteiger partial charge in [-0.3, -0.25) is 0 Å². The first-order valence-electron chi connectivity index (χ1n) is 24.5. The zero-order valence-electron chi connectivity index (χ0n) is 39.9. The van der Waals surface area contributed by atoms with Crippen LogP contribution in [0.25, 0.3) is 66.8 Å². The first-order valence-corrected chi connectivity index (χ1v) is 26.1. The molecule has 0 atom stereocenters. The topological polar surface area (TPSA) is 54.1 Å². The molecule has 13 rings (SSSR count). The van der Waals surface area contributed by atoms with Crippen LogP contribution < -0.4 is 9.80 Å². The average molecular weight is 979 g/mol. The summed E-state index contributed by atoms with van der Waals surface area (Å²) in [4.78, 5) is 9.36. The molecule has 0 bridgehead atoms. The summed E-state index contributed by atoms with van der Waals surface area (Å²) < 4.78 is 0. The second-order valence-corrected chi connectivity index (χ2v) is 20.5. The van der Waals surface area contributed by atoms with Crippen molar-refractivity contribution < 1.29 is 0 Å². The van der Waals surface area contributed by atoms with E-state index in [0.29, 0.717) is 11.1 Å². The van der Waals surface area contributed by atoms with Gasteiger partial charge in [-0.2, -0.15) is 10.5 Å². The largest absolute Gasteiger partial charge is 0.308 e. The summed E-state index contributed by atoms with van der Waals surface area (Å²) in [5.74, 6) is 0. The molecule has 0 unspecified atom stereocenters. The van der Waals surface area contributed by atoms with Gasteiger partial charge < -0.3 is 9.80 Å². The minimum Gasteiger partial charge on any atom is -0.308 e. The van der Waals surface area contributed by atoms with Gasteiger partial charge in [-0.05, 0) is 141 Å². The molecule has 0 radical (unpaired) electrons. The van der Waals surface area contributed by atoms with E-state index in [-0.39, 0.29) is 0 Å². The van der Waals surface area contributed by atoms with Crippen LogP contribution in [0.4, 0.5) is 34.1 Å². The zero-order valence-corrected chi connectivity index (χ0v) is 41.5. The van der Waals surface area contributed by atoms with Crippen molar-refractivity contribution in [3.05, 3.63) is 266 Å². The molecule has 0 N–H and O–H groups in total. The van der Waals surface area contributed by atoms with E-state index < -0.39 is 0 Å². The summed E-state index contributed by atoms with van der Waals surface area (Å²) in [7, 11) is 0. The number of nitrogens with zero attached hydrogens (tertiary/aromatic N) is 4. The van der Waals surface area contributed by atoms with Gasteiger partial charge in [0.2, 0.25) is 0 Å². The molecule has 0 aromatic heterocycles. The lowest BCUT2D eigenvalue weighted by atomic mass is 9.91. The van der Waals surface area contributed by atoms with Crippen molar-refractivity contribution in [2.24, 2.45) is 0 Å². The second-order valence-electron chi connectivity index (χ2n) is 18.3. The average Bonchev–Trinajstić information content (AvgIpc) is 3.53. The molecular formula is C68H42N4S2. The van der Waals surface area contributed by atoms with E-state index in [1.807, 2.05) is 36.4 Å². The highest BCUT2D eigenvalue weighted by atomic mass is 32.2. The van der Waals surface area contributed by atoms with Crippen molar-refractivity contribution in [3.8, 4) is 78.9 Å². The highest BCUT2D eigenvalue weighted by Crippen LogP contribution is 2.60. The molecule has 0 saturated heterocycles. The maximum absolute atomic E-state index is 10.6. The molecule has 0 aliphatic carbocycles. The molecule has 2 heterocycles. The van der Waals surface area contributed by atoms with E-state index in [1.54, 1.807) is 23.5 Å². The van der Waals surface area contributed by atoms with E-state index in [0.717, 1.165) is 120 Å². The molecule has 346 valence electrons. The lowest BCUT2D eigenvalue weighted by Crippen LogP contribution is -2.19. The van der Waals surface area contributed by atoms with E-state index >= 15 is 0 Å². The monoisotopic (exact) mass is 978 g/mol. The van der Waals surface area contributed by atoms with Gasteiger partial charge in [-0.25, -0.2) is 0 Å². The van der Waals surface area contributed by atoms with E-state index in [2.05, 4.69) is 240 Å². The summed E-state index contributed by atoms with van der Waals surface area (Å²) in [6, 6.07) is 94.9. The van der Waals surface area contributed by atoms with Crippen LogP contribution in [-0.4, -0.2) is 0 Å². The minimum absolute atomic E-state index is 0.560. The molecule has 0 saturated carbocycles. The number of fused-ring (bicyclic) bond motifs is 4. The molecule has 11 aromatic carbocycles. The van der Waals surface area contributed by atoms with Gasteiger partial charge in [0.25, 0.3) is 0 Å². The van der Waals surface area contributed by atoms with Crippen molar-refractivity contribution in [1.82, 2.24) is 0 Å². The highest BCUT2D eigenvalue weighted by molar-refractivity contribution is 8.00. The lowest BCUT2D eigenvalue weighted by molar-refractivity contribution is 1.15. The Hall–Kier alpha value is -9.30. The highest BCUT2D eigenvalue weighted by Gasteiger charge is 2.33. The normalized spacial score (nSPS) is 12.1. The van der Waals surface area contributed by atoms with E-state index in [9.17, 15) is 10.5 Å². The minimum atomic E-state index is 0.560. The van der Waals surface area contributed by atoms with Gasteiger partial charge in [0.05, 0.1) is 51.7 Å².